The molecule has 5 heteroatoms. The Hall–Kier alpha value is -1.88. The van der Waals surface area contributed by atoms with E-state index in [0.717, 1.165) is 23.2 Å². The Balaban J connectivity index is 2.55. The number of benzene rings is 1. The summed E-state index contributed by atoms with van der Waals surface area (Å²) in [6.45, 7) is 4.54. The maximum Gasteiger partial charge on any atom is 0.279 e. The standard InChI is InChI=1S/C14H21N3O2/c1-4-11-7-5-6-10(2)14(11)17-13(19)9-16-8-12(18)15-3/h5-7,16H,4,8-9H2,1-3H3,(H,15,18)(H,17,19)/p+1. The molecule has 0 radical (unpaired) electrons. The number of hydrogen-bond donors (Lipinski definition) is 3. The van der Waals surface area contributed by atoms with Crippen molar-refractivity contribution in [1.82, 2.24) is 5.32 Å². The highest BCUT2D eigenvalue weighted by atomic mass is 16.2. The number of rotatable bonds is 6. The molecule has 0 saturated heterocycles. The smallest absolute Gasteiger partial charge is 0.279 e. The van der Waals surface area contributed by atoms with Gasteiger partial charge in [-0.2, -0.15) is 0 Å². The molecule has 4 N–H and O–H groups in total. The van der Waals surface area contributed by atoms with Crippen LogP contribution >= 0.6 is 0 Å². The van der Waals surface area contributed by atoms with Crippen molar-refractivity contribution in [3.63, 3.8) is 0 Å². The van der Waals surface area contributed by atoms with Gasteiger partial charge < -0.3 is 16.0 Å². The molecule has 104 valence electrons. The third-order valence-corrected chi connectivity index (χ3v) is 2.94. The molecule has 1 rings (SSSR count). The van der Waals surface area contributed by atoms with Crippen LogP contribution in [0.5, 0.6) is 0 Å². The Morgan fingerprint density at radius 1 is 1.21 bits per heavy atom. The van der Waals surface area contributed by atoms with E-state index in [1.54, 1.807) is 12.4 Å². The van der Waals surface area contributed by atoms with Crippen molar-refractivity contribution in [2.75, 3.05) is 25.5 Å². The van der Waals surface area contributed by atoms with E-state index in [1.165, 1.54) is 0 Å². The molecule has 0 aliphatic rings. The third kappa shape index (κ3) is 4.71. The highest BCUT2D eigenvalue weighted by Crippen LogP contribution is 2.20. The Labute approximate surface area is 113 Å². The molecule has 0 aliphatic heterocycles. The van der Waals surface area contributed by atoms with Crippen molar-refractivity contribution in [2.45, 2.75) is 20.3 Å². The van der Waals surface area contributed by atoms with Crippen LogP contribution in [0, 0.1) is 6.92 Å². The maximum absolute atomic E-state index is 11.8. The SMILES string of the molecule is CCc1cccc(C)c1NC(=O)C[NH2+]CC(=O)NC. The molecule has 1 aromatic rings. The quantitative estimate of drug-likeness (QED) is 0.666. The monoisotopic (exact) mass is 264 g/mol. The van der Waals surface area contributed by atoms with Crippen LogP contribution in [0.15, 0.2) is 18.2 Å². The first-order valence-corrected chi connectivity index (χ1v) is 6.49. The highest BCUT2D eigenvalue weighted by molar-refractivity contribution is 5.93. The Bertz CT molecular complexity index is 458. The fraction of sp³-hybridized carbons (Fsp3) is 0.429. The van der Waals surface area contributed by atoms with Gasteiger partial charge in [0.2, 0.25) is 0 Å². The topological polar surface area (TPSA) is 74.8 Å². The largest absolute Gasteiger partial charge is 0.354 e. The number of hydrogen-bond acceptors (Lipinski definition) is 2. The van der Waals surface area contributed by atoms with Crippen molar-refractivity contribution < 1.29 is 14.9 Å². The molecule has 0 atom stereocenters. The second kappa shape index (κ2) is 7.53. The van der Waals surface area contributed by atoms with Crippen LogP contribution in [0.1, 0.15) is 18.1 Å². The number of quaternary nitrogens is 1. The first-order chi connectivity index (χ1) is 9.08. The summed E-state index contributed by atoms with van der Waals surface area (Å²) in [5.74, 6) is -0.175. The van der Waals surface area contributed by atoms with E-state index in [1.807, 2.05) is 25.1 Å². The molecule has 0 saturated carbocycles. The Morgan fingerprint density at radius 2 is 1.89 bits per heavy atom. The zero-order valence-corrected chi connectivity index (χ0v) is 11.7. The van der Waals surface area contributed by atoms with Crippen LogP contribution in [-0.4, -0.2) is 32.0 Å². The van der Waals surface area contributed by atoms with Crippen LogP contribution in [0.25, 0.3) is 0 Å². The third-order valence-electron chi connectivity index (χ3n) is 2.94. The van der Waals surface area contributed by atoms with E-state index in [4.69, 9.17) is 0 Å². The number of amides is 2. The molecule has 0 heterocycles. The lowest BCUT2D eigenvalue weighted by Crippen LogP contribution is -2.88. The van der Waals surface area contributed by atoms with E-state index in [9.17, 15) is 9.59 Å². The Morgan fingerprint density at radius 3 is 2.53 bits per heavy atom. The zero-order valence-electron chi connectivity index (χ0n) is 11.7. The second-order valence-electron chi connectivity index (χ2n) is 4.38. The first-order valence-electron chi connectivity index (χ1n) is 6.49. The second-order valence-corrected chi connectivity index (χ2v) is 4.38. The lowest BCUT2D eigenvalue weighted by Gasteiger charge is -2.12. The van der Waals surface area contributed by atoms with Gasteiger partial charge in [-0.3, -0.25) is 9.59 Å². The lowest BCUT2D eigenvalue weighted by molar-refractivity contribution is -0.632. The zero-order chi connectivity index (χ0) is 14.3. The highest BCUT2D eigenvalue weighted by Gasteiger charge is 2.10. The summed E-state index contributed by atoms with van der Waals surface area (Å²) in [5.41, 5.74) is 3.07. The molecule has 0 aromatic heterocycles. The summed E-state index contributed by atoms with van der Waals surface area (Å²) in [6, 6.07) is 5.97. The maximum atomic E-state index is 11.8. The van der Waals surface area contributed by atoms with Gasteiger partial charge in [0.25, 0.3) is 11.8 Å². The summed E-state index contributed by atoms with van der Waals surface area (Å²) < 4.78 is 0. The number of para-hydroxylation sites is 1. The van der Waals surface area contributed by atoms with Gasteiger partial charge in [0.05, 0.1) is 0 Å². The van der Waals surface area contributed by atoms with E-state index in [-0.39, 0.29) is 24.9 Å². The van der Waals surface area contributed by atoms with Gasteiger partial charge in [-0.15, -0.1) is 0 Å². The van der Waals surface area contributed by atoms with Gasteiger partial charge in [-0.25, -0.2) is 0 Å². The number of carbonyl (C=O) groups is 2. The predicted octanol–water partition coefficient (Wildman–Crippen LogP) is -0.195. The van der Waals surface area contributed by atoms with Gasteiger partial charge >= 0.3 is 0 Å². The molecule has 2 amide bonds. The number of nitrogens with two attached hydrogens (primary N) is 1. The van der Waals surface area contributed by atoms with Gasteiger partial charge in [-0.1, -0.05) is 25.1 Å². The van der Waals surface area contributed by atoms with Crippen molar-refractivity contribution >= 4 is 17.5 Å². The molecule has 0 fully saturated rings. The Kier molecular flexibility index (Phi) is 6.02. The fourth-order valence-corrected chi connectivity index (χ4v) is 1.83. The first kappa shape index (κ1) is 15.2. The van der Waals surface area contributed by atoms with Gasteiger partial charge in [0.15, 0.2) is 13.1 Å². The van der Waals surface area contributed by atoms with Crippen LogP contribution in [-0.2, 0) is 16.0 Å². The normalized spacial score (nSPS) is 10.1. The lowest BCUT2D eigenvalue weighted by atomic mass is 10.1. The molecule has 0 aliphatic carbocycles. The minimum atomic E-state index is -0.0899. The van der Waals surface area contributed by atoms with Crippen LogP contribution in [0.4, 0.5) is 5.69 Å². The van der Waals surface area contributed by atoms with E-state index < -0.39 is 0 Å². The number of likely N-dealkylation sites (N-methyl/N-ethyl adjacent to an activating group) is 1. The minimum Gasteiger partial charge on any atom is -0.354 e. The molecule has 0 unspecified atom stereocenters. The van der Waals surface area contributed by atoms with Crippen LogP contribution in [0.3, 0.4) is 0 Å². The molecule has 5 nitrogen and oxygen atoms in total. The average molecular weight is 264 g/mol. The molecule has 0 bridgehead atoms. The number of aryl methyl sites for hydroxylation is 2. The van der Waals surface area contributed by atoms with Gasteiger partial charge in [-0.05, 0) is 24.5 Å². The van der Waals surface area contributed by atoms with Crippen molar-refractivity contribution in [3.8, 4) is 0 Å². The van der Waals surface area contributed by atoms with Crippen molar-refractivity contribution in [3.05, 3.63) is 29.3 Å². The summed E-state index contributed by atoms with van der Waals surface area (Å²) in [7, 11) is 1.58. The molecular formula is C14H22N3O2+. The van der Waals surface area contributed by atoms with Crippen molar-refractivity contribution in [1.29, 1.82) is 0 Å². The van der Waals surface area contributed by atoms with Gasteiger partial charge in [0.1, 0.15) is 0 Å². The van der Waals surface area contributed by atoms with Crippen LogP contribution < -0.4 is 16.0 Å². The summed E-state index contributed by atoms with van der Waals surface area (Å²) >= 11 is 0. The molecular weight excluding hydrogens is 242 g/mol. The summed E-state index contributed by atoms with van der Waals surface area (Å²) in [5, 5.41) is 7.11. The summed E-state index contributed by atoms with van der Waals surface area (Å²) in [4.78, 5) is 22.9. The van der Waals surface area contributed by atoms with Crippen molar-refractivity contribution in [2.24, 2.45) is 0 Å². The minimum absolute atomic E-state index is 0.0852. The fourth-order valence-electron chi connectivity index (χ4n) is 1.83. The summed E-state index contributed by atoms with van der Waals surface area (Å²) in [6.07, 6.45) is 0.874. The van der Waals surface area contributed by atoms with E-state index >= 15 is 0 Å². The van der Waals surface area contributed by atoms with Gasteiger partial charge in [0, 0.05) is 12.7 Å². The van der Waals surface area contributed by atoms with E-state index in [2.05, 4.69) is 17.6 Å². The number of carbonyl (C=O) groups excluding carboxylic acids is 2. The van der Waals surface area contributed by atoms with Crippen LogP contribution in [0.2, 0.25) is 0 Å². The molecule has 19 heavy (non-hydrogen) atoms. The van der Waals surface area contributed by atoms with E-state index in [0.29, 0.717) is 0 Å². The predicted molar refractivity (Wildman–Crippen MR) is 74.9 cm³/mol. The number of anilines is 1. The number of nitrogens with one attached hydrogen (secondary N) is 2. The average Bonchev–Trinajstić information content (AvgIpc) is 2.40. The molecule has 1 aromatic carbocycles. The molecule has 0 spiro atoms.